The number of aliphatic hydroxyl groups excluding tert-OH is 1. The van der Waals surface area contributed by atoms with Gasteiger partial charge in [0.25, 0.3) is 0 Å². The van der Waals surface area contributed by atoms with Crippen LogP contribution in [0.2, 0.25) is 0 Å². The average Bonchev–Trinajstić information content (AvgIpc) is 3.44. The van der Waals surface area contributed by atoms with Gasteiger partial charge in [0.05, 0.1) is 37.3 Å². The summed E-state index contributed by atoms with van der Waals surface area (Å²) in [5, 5.41) is 17.7. The normalized spacial score (nSPS) is 13.7. The van der Waals surface area contributed by atoms with Crippen LogP contribution in [-0.4, -0.2) is 54.6 Å². The number of hydrogen-bond acceptors (Lipinski definition) is 8. The molecule has 0 amide bonds. The Kier molecular flexibility index (Phi) is 5.17. The highest BCUT2D eigenvalue weighted by Crippen LogP contribution is 2.33. The van der Waals surface area contributed by atoms with E-state index in [1.807, 2.05) is 24.4 Å². The summed E-state index contributed by atoms with van der Waals surface area (Å²) in [5.74, 6) is 1.92. The molecule has 9 heteroatoms. The van der Waals surface area contributed by atoms with Gasteiger partial charge in [-0.25, -0.2) is 19.6 Å². The van der Waals surface area contributed by atoms with Crippen molar-refractivity contribution in [2.75, 3.05) is 25.1 Å². The summed E-state index contributed by atoms with van der Waals surface area (Å²) in [6.07, 6.45) is 7.79. The molecule has 1 unspecified atom stereocenters. The average molecular weight is 417 g/mol. The van der Waals surface area contributed by atoms with E-state index >= 15 is 0 Å². The minimum Gasteiger partial charge on any atom is -0.491 e. The summed E-state index contributed by atoms with van der Waals surface area (Å²) in [5.41, 5.74) is 4.61. The summed E-state index contributed by atoms with van der Waals surface area (Å²) in [6, 6.07) is 5.94. The Hall–Kier alpha value is -3.59. The molecule has 0 aromatic carbocycles. The van der Waals surface area contributed by atoms with E-state index in [0.717, 1.165) is 46.0 Å². The van der Waals surface area contributed by atoms with Gasteiger partial charge in [0.15, 0.2) is 5.65 Å². The molecular weight excluding hydrogens is 394 g/mol. The zero-order valence-electron chi connectivity index (χ0n) is 17.2. The van der Waals surface area contributed by atoms with Gasteiger partial charge in [0, 0.05) is 53.9 Å². The third kappa shape index (κ3) is 3.79. The Morgan fingerprint density at radius 2 is 2.13 bits per heavy atom. The molecule has 0 saturated heterocycles. The molecule has 158 valence electrons. The highest BCUT2D eigenvalue weighted by molar-refractivity contribution is 5.80. The lowest BCUT2D eigenvalue weighted by Crippen LogP contribution is -2.12. The van der Waals surface area contributed by atoms with Crippen molar-refractivity contribution in [3.05, 3.63) is 54.4 Å². The number of ether oxygens (including phenoxy) is 1. The number of rotatable bonds is 7. The van der Waals surface area contributed by atoms with Crippen molar-refractivity contribution in [1.29, 1.82) is 0 Å². The monoisotopic (exact) mass is 417 g/mol. The van der Waals surface area contributed by atoms with Crippen LogP contribution in [0.15, 0.2) is 43.1 Å². The molecule has 0 bridgehead atoms. The van der Waals surface area contributed by atoms with E-state index in [1.165, 1.54) is 5.56 Å². The maximum Gasteiger partial charge on any atom is 0.157 e. The second-order valence-electron chi connectivity index (χ2n) is 7.57. The number of nitrogens with zero attached hydrogens (tertiary/aromatic N) is 6. The van der Waals surface area contributed by atoms with Crippen molar-refractivity contribution >= 4 is 16.9 Å². The fraction of sp³-hybridized carbons (Fsp3) is 0.318. The molecule has 4 aromatic heterocycles. The van der Waals surface area contributed by atoms with Crippen LogP contribution < -0.4 is 10.1 Å². The van der Waals surface area contributed by atoms with Crippen LogP contribution in [0, 0.1) is 0 Å². The number of aliphatic hydroxyl groups is 1. The highest BCUT2D eigenvalue weighted by Gasteiger charge is 2.20. The maximum absolute atomic E-state index is 9.15. The zero-order valence-corrected chi connectivity index (χ0v) is 17.2. The lowest BCUT2D eigenvalue weighted by Gasteiger charge is -2.16. The molecule has 1 aliphatic heterocycles. The molecule has 2 N–H and O–H groups in total. The molecule has 0 radical (unpaired) electrons. The zero-order chi connectivity index (χ0) is 21.2. The van der Waals surface area contributed by atoms with E-state index in [0.29, 0.717) is 19.7 Å². The predicted octanol–water partition coefficient (Wildman–Crippen LogP) is 2.43. The van der Waals surface area contributed by atoms with Crippen molar-refractivity contribution < 1.29 is 9.84 Å². The number of pyridine rings is 2. The summed E-state index contributed by atoms with van der Waals surface area (Å²) in [4.78, 5) is 17.7. The number of anilines is 1. The van der Waals surface area contributed by atoms with Gasteiger partial charge in [-0.3, -0.25) is 4.98 Å². The van der Waals surface area contributed by atoms with E-state index in [1.54, 1.807) is 23.4 Å². The topological polar surface area (TPSA) is 111 Å². The van der Waals surface area contributed by atoms with Gasteiger partial charge in [0.2, 0.25) is 0 Å². The predicted molar refractivity (Wildman–Crippen MR) is 116 cm³/mol. The molecule has 4 aromatic rings. The molecule has 5 rings (SSSR count). The van der Waals surface area contributed by atoms with Crippen LogP contribution in [0.25, 0.3) is 22.3 Å². The van der Waals surface area contributed by atoms with Crippen molar-refractivity contribution in [2.45, 2.75) is 25.8 Å². The van der Waals surface area contributed by atoms with Crippen molar-refractivity contribution in [3.8, 4) is 17.0 Å². The molecule has 0 saturated carbocycles. The molecular formula is C22H23N7O2. The summed E-state index contributed by atoms with van der Waals surface area (Å²) >= 11 is 0. The Balaban J connectivity index is 1.33. The fourth-order valence-electron chi connectivity index (χ4n) is 3.84. The van der Waals surface area contributed by atoms with Crippen LogP contribution in [0.5, 0.6) is 5.75 Å². The number of fused-ring (bicyclic) bond motifs is 2. The standard InChI is InChI=1S/C22H23N7O2/c1-14(17-2-4-23-18-3-7-31-21(17)18)10-24-20-9-19(26-13-27-20)15-8-16-12-28-29(5-6-30)22(16)25-11-15/h2,4,8-9,11-14,30H,3,5-7,10H2,1H3,(H,24,26,27). The lowest BCUT2D eigenvalue weighted by atomic mass is 10.00. The van der Waals surface area contributed by atoms with Gasteiger partial charge in [-0.2, -0.15) is 5.10 Å². The van der Waals surface area contributed by atoms with Crippen LogP contribution >= 0.6 is 0 Å². The van der Waals surface area contributed by atoms with Crippen LogP contribution in [0.4, 0.5) is 5.82 Å². The molecule has 0 fully saturated rings. The molecule has 0 spiro atoms. The van der Waals surface area contributed by atoms with Crippen molar-refractivity contribution in [3.63, 3.8) is 0 Å². The molecule has 0 aliphatic carbocycles. The second-order valence-corrected chi connectivity index (χ2v) is 7.57. The minimum atomic E-state index is 0.0218. The Morgan fingerprint density at radius 3 is 3.03 bits per heavy atom. The smallest absolute Gasteiger partial charge is 0.157 e. The Morgan fingerprint density at radius 1 is 1.19 bits per heavy atom. The SMILES string of the molecule is CC(CNc1cc(-c2cnc3c(cnn3CCO)c2)ncn1)c1ccnc2c1OCC2. The molecule has 9 nitrogen and oxygen atoms in total. The fourth-order valence-corrected chi connectivity index (χ4v) is 3.84. The van der Waals surface area contributed by atoms with Gasteiger partial charge in [-0.15, -0.1) is 0 Å². The van der Waals surface area contributed by atoms with E-state index in [4.69, 9.17) is 9.84 Å². The summed E-state index contributed by atoms with van der Waals surface area (Å²) in [7, 11) is 0. The van der Waals surface area contributed by atoms with Crippen molar-refractivity contribution in [1.82, 2.24) is 29.7 Å². The van der Waals surface area contributed by atoms with Gasteiger partial charge in [-0.1, -0.05) is 6.92 Å². The van der Waals surface area contributed by atoms with Gasteiger partial charge < -0.3 is 15.2 Å². The Labute approximate surface area is 179 Å². The first-order chi connectivity index (χ1) is 15.2. The van der Waals surface area contributed by atoms with E-state index < -0.39 is 0 Å². The number of nitrogens with one attached hydrogen (secondary N) is 1. The van der Waals surface area contributed by atoms with Crippen molar-refractivity contribution in [2.24, 2.45) is 0 Å². The molecule has 5 heterocycles. The quantitative estimate of drug-likeness (QED) is 0.472. The highest BCUT2D eigenvalue weighted by atomic mass is 16.5. The first kappa shape index (κ1) is 19.4. The maximum atomic E-state index is 9.15. The third-order valence-electron chi connectivity index (χ3n) is 5.46. The molecule has 31 heavy (non-hydrogen) atoms. The first-order valence-electron chi connectivity index (χ1n) is 10.3. The third-order valence-corrected chi connectivity index (χ3v) is 5.46. The van der Waals surface area contributed by atoms with Gasteiger partial charge in [-0.05, 0) is 12.1 Å². The van der Waals surface area contributed by atoms with Crippen LogP contribution in [-0.2, 0) is 13.0 Å². The molecule has 1 aliphatic rings. The van der Waals surface area contributed by atoms with Gasteiger partial charge in [0.1, 0.15) is 17.9 Å². The lowest BCUT2D eigenvalue weighted by molar-refractivity contribution is 0.271. The van der Waals surface area contributed by atoms with Crippen LogP contribution in [0.3, 0.4) is 0 Å². The Bertz CT molecular complexity index is 1220. The van der Waals surface area contributed by atoms with Gasteiger partial charge >= 0.3 is 0 Å². The van der Waals surface area contributed by atoms with E-state index in [-0.39, 0.29) is 12.5 Å². The van der Waals surface area contributed by atoms with Crippen LogP contribution in [0.1, 0.15) is 24.1 Å². The largest absolute Gasteiger partial charge is 0.491 e. The summed E-state index contributed by atoms with van der Waals surface area (Å²) < 4.78 is 7.48. The molecule has 1 atom stereocenters. The minimum absolute atomic E-state index is 0.0218. The van der Waals surface area contributed by atoms with E-state index in [9.17, 15) is 0 Å². The number of hydrogen-bond donors (Lipinski definition) is 2. The number of aromatic nitrogens is 6. The summed E-state index contributed by atoms with van der Waals surface area (Å²) in [6.45, 7) is 4.01. The second kappa shape index (κ2) is 8.27. The van der Waals surface area contributed by atoms with E-state index in [2.05, 4.69) is 37.3 Å². The first-order valence-corrected chi connectivity index (χ1v) is 10.3.